The quantitative estimate of drug-likeness (QED) is 0.746. The third-order valence-corrected chi connectivity index (χ3v) is 8.16. The largest absolute Gasteiger partial charge is 0.345 e. The van der Waals surface area contributed by atoms with Gasteiger partial charge in [0.05, 0.1) is 11.3 Å². The molecule has 9 heteroatoms. The molecule has 2 amide bonds. The van der Waals surface area contributed by atoms with Crippen molar-refractivity contribution in [3.63, 3.8) is 0 Å². The number of benzene rings is 1. The number of carbonyl (C=O) groups excluding carboxylic acids is 2. The van der Waals surface area contributed by atoms with Gasteiger partial charge in [-0.1, -0.05) is 18.6 Å². The second-order valence-corrected chi connectivity index (χ2v) is 10.5. The van der Waals surface area contributed by atoms with Gasteiger partial charge in [-0.25, -0.2) is 8.42 Å². The minimum absolute atomic E-state index is 0.0956. The normalized spacial score (nSPS) is 17.5. The SMILES string of the molecule is Cc1cccc(C(=O)N2CCCC2)c1NC(=O)c1cc(S(=O)(=O)N2CCCCC2)cn1C. The predicted molar refractivity (Wildman–Crippen MR) is 122 cm³/mol. The lowest BCUT2D eigenvalue weighted by Gasteiger charge is -2.25. The summed E-state index contributed by atoms with van der Waals surface area (Å²) < 4.78 is 29.0. The molecule has 0 unspecified atom stereocenters. The molecule has 0 aliphatic carbocycles. The van der Waals surface area contributed by atoms with Crippen molar-refractivity contribution < 1.29 is 18.0 Å². The van der Waals surface area contributed by atoms with Crippen LogP contribution in [0.25, 0.3) is 0 Å². The second-order valence-electron chi connectivity index (χ2n) is 8.59. The Bertz CT molecular complexity index is 1130. The first-order chi connectivity index (χ1) is 15.3. The summed E-state index contributed by atoms with van der Waals surface area (Å²) in [5.41, 5.74) is 1.92. The van der Waals surface area contributed by atoms with E-state index >= 15 is 0 Å². The molecule has 2 fully saturated rings. The number of rotatable bonds is 5. The lowest BCUT2D eigenvalue weighted by molar-refractivity contribution is 0.0793. The van der Waals surface area contributed by atoms with Gasteiger partial charge in [0.25, 0.3) is 11.8 Å². The molecule has 2 saturated heterocycles. The zero-order valence-corrected chi connectivity index (χ0v) is 19.5. The molecule has 8 nitrogen and oxygen atoms in total. The zero-order valence-electron chi connectivity index (χ0n) is 18.6. The maximum Gasteiger partial charge on any atom is 0.272 e. The highest BCUT2D eigenvalue weighted by Crippen LogP contribution is 2.26. The highest BCUT2D eigenvalue weighted by atomic mass is 32.2. The van der Waals surface area contributed by atoms with E-state index in [0.29, 0.717) is 24.3 Å². The van der Waals surface area contributed by atoms with Gasteiger partial charge < -0.3 is 14.8 Å². The van der Waals surface area contributed by atoms with E-state index < -0.39 is 15.9 Å². The van der Waals surface area contributed by atoms with Crippen molar-refractivity contribution in [2.24, 2.45) is 7.05 Å². The Balaban J connectivity index is 1.60. The number of amides is 2. The number of hydrogen-bond acceptors (Lipinski definition) is 4. The van der Waals surface area contributed by atoms with Gasteiger partial charge in [0, 0.05) is 39.4 Å². The highest BCUT2D eigenvalue weighted by molar-refractivity contribution is 7.89. The number of nitrogens with one attached hydrogen (secondary N) is 1. The molecule has 1 aromatic carbocycles. The Labute approximate surface area is 189 Å². The standard InChI is InChI=1S/C23H30N4O4S/c1-17-9-8-10-19(23(29)26-11-6-7-12-26)21(17)24-22(28)20-15-18(16-25(20)2)32(30,31)27-13-4-3-5-14-27/h8-10,15-16H,3-7,11-14H2,1-2H3,(H,24,28). The fourth-order valence-corrected chi connectivity index (χ4v) is 6.02. The molecule has 0 saturated carbocycles. The van der Waals surface area contributed by atoms with E-state index in [1.807, 2.05) is 13.0 Å². The molecule has 2 aliphatic rings. The van der Waals surface area contributed by atoms with E-state index in [2.05, 4.69) is 5.32 Å². The van der Waals surface area contributed by atoms with Crippen LogP contribution in [-0.2, 0) is 17.1 Å². The monoisotopic (exact) mass is 458 g/mol. The maximum atomic E-state index is 13.1. The van der Waals surface area contributed by atoms with Crippen LogP contribution in [0, 0.1) is 6.92 Å². The van der Waals surface area contributed by atoms with Crippen LogP contribution in [0.2, 0.25) is 0 Å². The number of aromatic nitrogens is 1. The fraction of sp³-hybridized carbons (Fsp3) is 0.478. The van der Waals surface area contributed by atoms with E-state index in [1.54, 1.807) is 24.1 Å². The third kappa shape index (κ3) is 4.31. The van der Waals surface area contributed by atoms with Gasteiger partial charge in [0.15, 0.2) is 0 Å². The summed E-state index contributed by atoms with van der Waals surface area (Å²) >= 11 is 0. The molecule has 0 spiro atoms. The Morgan fingerprint density at radius 3 is 2.31 bits per heavy atom. The van der Waals surface area contributed by atoms with Crippen molar-refractivity contribution in [3.05, 3.63) is 47.3 Å². The Morgan fingerprint density at radius 2 is 1.62 bits per heavy atom. The molecule has 1 N–H and O–H groups in total. The molecule has 2 aromatic rings. The first-order valence-electron chi connectivity index (χ1n) is 11.2. The van der Waals surface area contributed by atoms with Gasteiger partial charge in [-0.15, -0.1) is 0 Å². The first kappa shape index (κ1) is 22.5. The molecule has 172 valence electrons. The number of aryl methyl sites for hydroxylation is 2. The van der Waals surface area contributed by atoms with Crippen molar-refractivity contribution in [1.82, 2.24) is 13.8 Å². The Kier molecular flexibility index (Phi) is 6.39. The molecule has 1 aromatic heterocycles. The number of sulfonamides is 1. The average molecular weight is 459 g/mol. The Hall–Kier alpha value is -2.65. The van der Waals surface area contributed by atoms with Gasteiger partial charge in [-0.05, 0) is 50.3 Å². The number of carbonyl (C=O) groups is 2. The van der Waals surface area contributed by atoms with E-state index in [-0.39, 0.29) is 16.5 Å². The van der Waals surface area contributed by atoms with Crippen LogP contribution in [0.3, 0.4) is 0 Å². The zero-order chi connectivity index (χ0) is 22.9. The molecule has 0 bridgehead atoms. The summed E-state index contributed by atoms with van der Waals surface area (Å²) in [6, 6.07) is 6.79. The van der Waals surface area contributed by atoms with Crippen LogP contribution in [0.5, 0.6) is 0 Å². The molecule has 32 heavy (non-hydrogen) atoms. The summed E-state index contributed by atoms with van der Waals surface area (Å²) in [5, 5.41) is 2.87. The summed E-state index contributed by atoms with van der Waals surface area (Å²) in [6.45, 7) is 4.28. The van der Waals surface area contributed by atoms with Gasteiger partial charge >= 0.3 is 0 Å². The van der Waals surface area contributed by atoms with Gasteiger partial charge in [-0.2, -0.15) is 4.31 Å². The van der Waals surface area contributed by atoms with Crippen molar-refractivity contribution in [1.29, 1.82) is 0 Å². The van der Waals surface area contributed by atoms with E-state index in [1.165, 1.54) is 21.1 Å². The van der Waals surface area contributed by atoms with E-state index in [0.717, 1.165) is 50.8 Å². The average Bonchev–Trinajstić information content (AvgIpc) is 3.45. The molecule has 2 aliphatic heterocycles. The number of hydrogen-bond donors (Lipinski definition) is 1. The molecule has 4 rings (SSSR count). The van der Waals surface area contributed by atoms with Crippen molar-refractivity contribution >= 4 is 27.5 Å². The Morgan fingerprint density at radius 1 is 0.969 bits per heavy atom. The summed E-state index contributed by atoms with van der Waals surface area (Å²) in [5.74, 6) is -0.542. The van der Waals surface area contributed by atoms with Gasteiger partial charge in [0.2, 0.25) is 10.0 Å². The number of piperidine rings is 1. The topological polar surface area (TPSA) is 91.7 Å². The molecular formula is C23H30N4O4S. The fourth-order valence-electron chi connectivity index (χ4n) is 4.44. The summed E-state index contributed by atoms with van der Waals surface area (Å²) in [4.78, 5) is 28.1. The summed E-state index contributed by atoms with van der Waals surface area (Å²) in [7, 11) is -1.99. The van der Waals surface area contributed by atoms with Crippen molar-refractivity contribution in [2.45, 2.75) is 43.9 Å². The van der Waals surface area contributed by atoms with Crippen LogP contribution >= 0.6 is 0 Å². The van der Waals surface area contributed by atoms with Crippen LogP contribution in [0.1, 0.15) is 58.5 Å². The van der Waals surface area contributed by atoms with Gasteiger partial charge in [0.1, 0.15) is 10.6 Å². The minimum atomic E-state index is -3.64. The second kappa shape index (κ2) is 9.07. The maximum absolute atomic E-state index is 13.1. The number of anilines is 1. The van der Waals surface area contributed by atoms with Gasteiger partial charge in [-0.3, -0.25) is 9.59 Å². The predicted octanol–water partition coefficient (Wildman–Crippen LogP) is 3.00. The van der Waals surface area contributed by atoms with E-state index in [9.17, 15) is 18.0 Å². The number of likely N-dealkylation sites (tertiary alicyclic amines) is 1. The lowest BCUT2D eigenvalue weighted by atomic mass is 10.1. The van der Waals surface area contributed by atoms with Crippen LogP contribution in [0.4, 0.5) is 5.69 Å². The number of nitrogens with zero attached hydrogens (tertiary/aromatic N) is 3. The third-order valence-electron chi connectivity index (χ3n) is 6.30. The van der Waals surface area contributed by atoms with Crippen LogP contribution < -0.4 is 5.32 Å². The van der Waals surface area contributed by atoms with Crippen LogP contribution in [-0.4, -0.2) is 60.2 Å². The number of para-hydroxylation sites is 1. The van der Waals surface area contributed by atoms with Crippen LogP contribution in [0.15, 0.2) is 35.4 Å². The minimum Gasteiger partial charge on any atom is -0.345 e. The molecule has 3 heterocycles. The molecule has 0 atom stereocenters. The lowest BCUT2D eigenvalue weighted by Crippen LogP contribution is -2.35. The molecular weight excluding hydrogens is 428 g/mol. The summed E-state index contributed by atoms with van der Waals surface area (Å²) in [6.07, 6.45) is 6.17. The van der Waals surface area contributed by atoms with Crippen molar-refractivity contribution in [2.75, 3.05) is 31.5 Å². The van der Waals surface area contributed by atoms with E-state index in [4.69, 9.17) is 0 Å². The first-order valence-corrected chi connectivity index (χ1v) is 12.6. The highest BCUT2D eigenvalue weighted by Gasteiger charge is 2.29. The smallest absolute Gasteiger partial charge is 0.272 e. The molecule has 0 radical (unpaired) electrons. The van der Waals surface area contributed by atoms with Crippen molar-refractivity contribution in [3.8, 4) is 0 Å².